The van der Waals surface area contributed by atoms with E-state index in [1.165, 1.54) is 0 Å². The first-order valence-electron chi connectivity index (χ1n) is 7.52. The van der Waals surface area contributed by atoms with Gasteiger partial charge < -0.3 is 20.1 Å². The Bertz CT molecular complexity index is 605. The summed E-state index contributed by atoms with van der Waals surface area (Å²) in [4.78, 5) is 12.9. The van der Waals surface area contributed by atoms with Crippen molar-refractivity contribution in [3.8, 4) is 11.5 Å². The number of amides is 1. The van der Waals surface area contributed by atoms with Crippen molar-refractivity contribution in [1.82, 2.24) is 4.90 Å². The third-order valence-corrected chi connectivity index (χ3v) is 3.37. The van der Waals surface area contributed by atoms with Crippen LogP contribution in [0.4, 0.5) is 0 Å². The number of carbonyl (C=O) groups is 1. The van der Waals surface area contributed by atoms with Gasteiger partial charge in [0, 0.05) is 7.05 Å². The van der Waals surface area contributed by atoms with Gasteiger partial charge in [-0.15, -0.1) is 12.4 Å². The van der Waals surface area contributed by atoms with Crippen molar-refractivity contribution >= 4 is 18.3 Å². The number of likely N-dealkylation sites (N-methyl/N-ethyl adjacent to an activating group) is 1. The van der Waals surface area contributed by atoms with E-state index in [9.17, 15) is 4.79 Å². The van der Waals surface area contributed by atoms with Gasteiger partial charge in [0.1, 0.15) is 24.7 Å². The molecule has 0 aliphatic carbocycles. The Labute approximate surface area is 148 Å². The van der Waals surface area contributed by atoms with E-state index in [0.717, 1.165) is 17.1 Å². The minimum Gasteiger partial charge on any atom is -0.492 e. The van der Waals surface area contributed by atoms with Gasteiger partial charge in [-0.3, -0.25) is 4.79 Å². The van der Waals surface area contributed by atoms with E-state index < -0.39 is 0 Å². The van der Waals surface area contributed by atoms with Gasteiger partial charge >= 0.3 is 0 Å². The average Bonchev–Trinajstić information content (AvgIpc) is 2.61. The highest BCUT2D eigenvalue weighted by Gasteiger charge is 2.05. The van der Waals surface area contributed by atoms with Crippen molar-refractivity contribution in [2.24, 2.45) is 5.73 Å². The molecule has 0 aliphatic heterocycles. The molecule has 0 atom stereocenters. The quantitative estimate of drug-likeness (QED) is 0.794. The third-order valence-electron chi connectivity index (χ3n) is 3.37. The van der Waals surface area contributed by atoms with E-state index in [-0.39, 0.29) is 24.9 Å². The molecule has 0 saturated carbocycles. The summed E-state index contributed by atoms with van der Waals surface area (Å²) in [5.74, 6) is 1.43. The molecule has 0 bridgehead atoms. The molecule has 0 heterocycles. The number of ether oxygens (including phenoxy) is 2. The third kappa shape index (κ3) is 6.48. The summed E-state index contributed by atoms with van der Waals surface area (Å²) in [5.41, 5.74) is 6.42. The van der Waals surface area contributed by atoms with E-state index in [0.29, 0.717) is 19.8 Å². The molecule has 5 nitrogen and oxygen atoms in total. The van der Waals surface area contributed by atoms with Crippen LogP contribution in [0.25, 0.3) is 0 Å². The summed E-state index contributed by atoms with van der Waals surface area (Å²) >= 11 is 0. The monoisotopic (exact) mass is 350 g/mol. The number of nitrogens with zero attached hydrogens (tertiary/aromatic N) is 1. The van der Waals surface area contributed by atoms with Crippen molar-refractivity contribution < 1.29 is 14.3 Å². The Morgan fingerprint density at radius 2 is 1.58 bits per heavy atom. The fourth-order valence-corrected chi connectivity index (χ4v) is 1.95. The number of benzene rings is 2. The maximum Gasteiger partial charge on any atom is 0.236 e. The summed E-state index contributed by atoms with van der Waals surface area (Å²) in [5, 5.41) is 0. The molecule has 0 aliphatic rings. The highest BCUT2D eigenvalue weighted by molar-refractivity contribution is 5.85. The molecule has 0 fully saturated rings. The van der Waals surface area contributed by atoms with E-state index in [1.807, 2.05) is 54.6 Å². The first-order chi connectivity index (χ1) is 11.2. The molecule has 1 amide bonds. The van der Waals surface area contributed by atoms with Gasteiger partial charge in [0.25, 0.3) is 0 Å². The fourth-order valence-electron chi connectivity index (χ4n) is 1.95. The van der Waals surface area contributed by atoms with Crippen LogP contribution in [0.1, 0.15) is 5.56 Å². The van der Waals surface area contributed by atoms with Gasteiger partial charge in [0.05, 0.1) is 13.1 Å². The number of nitrogens with two attached hydrogens (primary N) is 1. The molecule has 0 radical (unpaired) electrons. The van der Waals surface area contributed by atoms with Gasteiger partial charge in [-0.25, -0.2) is 0 Å². The van der Waals surface area contributed by atoms with Crippen LogP contribution >= 0.6 is 12.4 Å². The maximum absolute atomic E-state index is 11.3. The zero-order valence-electron chi connectivity index (χ0n) is 13.7. The lowest BCUT2D eigenvalue weighted by Crippen LogP contribution is -2.35. The molecule has 130 valence electrons. The molecule has 0 spiro atoms. The standard InChI is InChI=1S/C18H22N2O3.ClH/c1-20(18(21)13-19)11-12-22-16-7-9-17(10-8-16)23-14-15-5-3-2-4-6-15;/h2-10H,11-14,19H2,1H3;1H. The van der Waals surface area contributed by atoms with Crippen molar-refractivity contribution in [1.29, 1.82) is 0 Å². The number of rotatable bonds is 8. The number of hydrogen-bond acceptors (Lipinski definition) is 4. The van der Waals surface area contributed by atoms with Crippen LogP contribution in [-0.2, 0) is 11.4 Å². The predicted molar refractivity (Wildman–Crippen MR) is 96.7 cm³/mol. The first-order valence-corrected chi connectivity index (χ1v) is 7.52. The van der Waals surface area contributed by atoms with Crippen LogP contribution < -0.4 is 15.2 Å². The molecule has 2 aromatic carbocycles. The number of carbonyl (C=O) groups excluding carboxylic acids is 1. The maximum atomic E-state index is 11.3. The molecule has 24 heavy (non-hydrogen) atoms. The smallest absolute Gasteiger partial charge is 0.236 e. The lowest BCUT2D eigenvalue weighted by atomic mass is 10.2. The minimum absolute atomic E-state index is 0. The largest absolute Gasteiger partial charge is 0.492 e. The molecule has 0 saturated heterocycles. The normalized spacial score (nSPS) is 9.75. The van der Waals surface area contributed by atoms with Crippen molar-refractivity contribution in [3.05, 3.63) is 60.2 Å². The van der Waals surface area contributed by atoms with Gasteiger partial charge in [-0.05, 0) is 29.8 Å². The lowest BCUT2D eigenvalue weighted by molar-refractivity contribution is -0.128. The van der Waals surface area contributed by atoms with Crippen LogP contribution in [0, 0.1) is 0 Å². The molecule has 0 aromatic heterocycles. The van der Waals surface area contributed by atoms with Crippen molar-refractivity contribution in [2.45, 2.75) is 6.61 Å². The van der Waals surface area contributed by atoms with Crippen LogP contribution in [0.2, 0.25) is 0 Å². The second-order valence-electron chi connectivity index (χ2n) is 5.11. The topological polar surface area (TPSA) is 64.8 Å². The van der Waals surface area contributed by atoms with E-state index >= 15 is 0 Å². The summed E-state index contributed by atoms with van der Waals surface area (Å²) in [6, 6.07) is 17.4. The summed E-state index contributed by atoms with van der Waals surface area (Å²) in [7, 11) is 1.71. The summed E-state index contributed by atoms with van der Waals surface area (Å²) < 4.78 is 11.3. The Balaban J connectivity index is 0.00000288. The fraction of sp³-hybridized carbons (Fsp3) is 0.278. The Morgan fingerprint density at radius 3 is 2.17 bits per heavy atom. The summed E-state index contributed by atoms with van der Waals surface area (Å²) in [6.45, 7) is 1.48. The van der Waals surface area contributed by atoms with Crippen LogP contribution in [0.15, 0.2) is 54.6 Å². The van der Waals surface area contributed by atoms with Crippen LogP contribution in [0.3, 0.4) is 0 Å². The van der Waals surface area contributed by atoms with E-state index in [1.54, 1.807) is 11.9 Å². The SMILES string of the molecule is CN(CCOc1ccc(OCc2ccccc2)cc1)C(=O)CN.Cl. The zero-order chi connectivity index (χ0) is 16.5. The molecule has 2 rings (SSSR count). The van der Waals surface area contributed by atoms with Gasteiger partial charge in [0.15, 0.2) is 0 Å². The molecular weight excluding hydrogens is 328 g/mol. The lowest BCUT2D eigenvalue weighted by Gasteiger charge is -2.16. The Morgan fingerprint density at radius 1 is 1.00 bits per heavy atom. The average molecular weight is 351 g/mol. The van der Waals surface area contributed by atoms with Crippen molar-refractivity contribution in [3.63, 3.8) is 0 Å². The summed E-state index contributed by atoms with van der Waals surface area (Å²) in [6.07, 6.45) is 0. The zero-order valence-corrected chi connectivity index (χ0v) is 14.5. The highest BCUT2D eigenvalue weighted by atomic mass is 35.5. The second-order valence-corrected chi connectivity index (χ2v) is 5.11. The van der Waals surface area contributed by atoms with Crippen LogP contribution in [0.5, 0.6) is 11.5 Å². The Kier molecular flexibility index (Phi) is 8.68. The second kappa shape index (κ2) is 10.5. The van der Waals surface area contributed by atoms with Crippen molar-refractivity contribution in [2.75, 3.05) is 26.7 Å². The molecule has 0 unspecified atom stereocenters. The Hall–Kier alpha value is -2.24. The molecular formula is C18H23ClN2O3. The van der Waals surface area contributed by atoms with Gasteiger partial charge in [-0.2, -0.15) is 0 Å². The van der Waals surface area contributed by atoms with Crippen LogP contribution in [-0.4, -0.2) is 37.6 Å². The number of halogens is 1. The van der Waals surface area contributed by atoms with E-state index in [2.05, 4.69) is 0 Å². The van der Waals surface area contributed by atoms with E-state index in [4.69, 9.17) is 15.2 Å². The molecule has 6 heteroatoms. The van der Waals surface area contributed by atoms with Gasteiger partial charge in [0.2, 0.25) is 5.91 Å². The minimum atomic E-state index is -0.0988. The predicted octanol–water partition coefficient (Wildman–Crippen LogP) is 2.48. The highest BCUT2D eigenvalue weighted by Crippen LogP contribution is 2.18. The van der Waals surface area contributed by atoms with Gasteiger partial charge in [-0.1, -0.05) is 30.3 Å². The number of hydrogen-bond donors (Lipinski definition) is 1. The first kappa shape index (κ1) is 19.8. The molecule has 2 aromatic rings. The molecule has 2 N–H and O–H groups in total.